The van der Waals surface area contributed by atoms with Gasteiger partial charge in [0.2, 0.25) is 0 Å². The minimum atomic E-state index is -0.0998. The lowest BCUT2D eigenvalue weighted by atomic mass is 9.95. The van der Waals surface area contributed by atoms with E-state index in [-0.39, 0.29) is 5.91 Å². The third kappa shape index (κ3) is 2.09. The van der Waals surface area contributed by atoms with Crippen LogP contribution in [0.25, 0.3) is 10.9 Å². The number of anilines is 1. The monoisotopic (exact) mass is 294 g/mol. The average Bonchev–Trinajstić information content (AvgIpc) is 3.10. The van der Waals surface area contributed by atoms with Crippen LogP contribution < -0.4 is 5.32 Å². The zero-order valence-corrected chi connectivity index (χ0v) is 12.5. The molecule has 0 spiro atoms. The molecule has 4 rings (SSSR count). The summed E-state index contributed by atoms with van der Waals surface area (Å²) < 4.78 is 1.67. The second kappa shape index (κ2) is 5.02. The van der Waals surface area contributed by atoms with Crippen LogP contribution in [-0.2, 0) is 19.9 Å². The quantitative estimate of drug-likeness (QED) is 0.763. The van der Waals surface area contributed by atoms with Crippen LogP contribution in [0.4, 0.5) is 5.69 Å². The predicted octanol–water partition coefficient (Wildman–Crippen LogP) is 3.03. The number of amides is 1. The second-order valence-corrected chi connectivity index (χ2v) is 5.87. The van der Waals surface area contributed by atoms with Gasteiger partial charge in [0, 0.05) is 24.3 Å². The van der Waals surface area contributed by atoms with E-state index < -0.39 is 0 Å². The zero-order chi connectivity index (χ0) is 15.1. The average molecular weight is 294 g/mol. The minimum absolute atomic E-state index is 0.0998. The highest BCUT2D eigenvalue weighted by Gasteiger charge is 2.19. The number of nitrogens with one attached hydrogen (secondary N) is 2. The minimum Gasteiger partial charge on any atom is -0.358 e. The summed E-state index contributed by atoms with van der Waals surface area (Å²) in [6.45, 7) is 0. The highest BCUT2D eigenvalue weighted by molar-refractivity contribution is 6.12. The first kappa shape index (κ1) is 13.1. The largest absolute Gasteiger partial charge is 0.358 e. The number of para-hydroxylation sites is 1. The standard InChI is InChI=1S/C17H18N4O/c1-21-10-11(9-18-21)19-17(22)14-7-4-6-13-12-5-2-3-8-15(12)20-16(13)14/h4,6-7,9-10,20H,2-3,5,8H2,1H3,(H,19,22). The molecule has 0 fully saturated rings. The molecule has 1 amide bonds. The van der Waals surface area contributed by atoms with Crippen LogP contribution in [0.2, 0.25) is 0 Å². The molecule has 0 aliphatic heterocycles. The normalized spacial score (nSPS) is 14.0. The van der Waals surface area contributed by atoms with Gasteiger partial charge in [-0.15, -0.1) is 0 Å². The van der Waals surface area contributed by atoms with Crippen molar-refractivity contribution in [3.63, 3.8) is 0 Å². The van der Waals surface area contributed by atoms with E-state index in [1.165, 1.54) is 29.5 Å². The van der Waals surface area contributed by atoms with E-state index in [2.05, 4.69) is 21.5 Å². The van der Waals surface area contributed by atoms with Crippen molar-refractivity contribution >= 4 is 22.5 Å². The van der Waals surface area contributed by atoms with Crippen molar-refractivity contribution in [2.75, 3.05) is 5.32 Å². The lowest BCUT2D eigenvalue weighted by molar-refractivity contribution is 0.102. The molecule has 0 bridgehead atoms. The first-order chi connectivity index (χ1) is 10.7. The number of fused-ring (bicyclic) bond motifs is 3. The van der Waals surface area contributed by atoms with Crippen LogP contribution in [0.3, 0.4) is 0 Å². The Morgan fingerprint density at radius 1 is 1.32 bits per heavy atom. The number of nitrogens with zero attached hydrogens (tertiary/aromatic N) is 2. The molecule has 112 valence electrons. The molecule has 0 unspecified atom stereocenters. The number of hydrogen-bond acceptors (Lipinski definition) is 2. The Morgan fingerprint density at radius 3 is 3.00 bits per heavy atom. The van der Waals surface area contributed by atoms with Crippen LogP contribution in [0.1, 0.15) is 34.5 Å². The van der Waals surface area contributed by atoms with Gasteiger partial charge in [0.25, 0.3) is 5.91 Å². The summed E-state index contributed by atoms with van der Waals surface area (Å²) in [4.78, 5) is 16.1. The van der Waals surface area contributed by atoms with Crippen molar-refractivity contribution < 1.29 is 4.79 Å². The van der Waals surface area contributed by atoms with Gasteiger partial charge in [0.05, 0.1) is 23.0 Å². The molecular formula is C17H18N4O. The Hall–Kier alpha value is -2.56. The van der Waals surface area contributed by atoms with Crippen molar-refractivity contribution in [1.29, 1.82) is 0 Å². The van der Waals surface area contributed by atoms with Crippen molar-refractivity contribution in [3.8, 4) is 0 Å². The third-order valence-corrected chi connectivity index (χ3v) is 4.34. The van der Waals surface area contributed by atoms with Gasteiger partial charge in [-0.05, 0) is 37.3 Å². The number of H-pyrrole nitrogens is 1. The summed E-state index contributed by atoms with van der Waals surface area (Å²) in [6, 6.07) is 5.94. The molecule has 1 aliphatic carbocycles. The molecule has 0 radical (unpaired) electrons. The molecule has 2 N–H and O–H groups in total. The highest BCUT2D eigenvalue weighted by Crippen LogP contribution is 2.31. The molecule has 3 aromatic rings. The van der Waals surface area contributed by atoms with Crippen LogP contribution in [0, 0.1) is 0 Å². The Morgan fingerprint density at radius 2 is 2.18 bits per heavy atom. The number of carbonyl (C=O) groups excluding carboxylic acids is 1. The Labute approximate surface area is 128 Å². The molecule has 2 aromatic heterocycles. The van der Waals surface area contributed by atoms with Gasteiger partial charge < -0.3 is 10.3 Å². The number of aromatic amines is 1. The van der Waals surface area contributed by atoms with Gasteiger partial charge in [-0.3, -0.25) is 9.48 Å². The van der Waals surface area contributed by atoms with Crippen LogP contribution >= 0.6 is 0 Å². The topological polar surface area (TPSA) is 62.7 Å². The number of aryl methyl sites for hydroxylation is 3. The predicted molar refractivity (Wildman–Crippen MR) is 86.1 cm³/mol. The summed E-state index contributed by atoms with van der Waals surface area (Å²) in [5.74, 6) is -0.0998. The number of hydrogen-bond donors (Lipinski definition) is 2. The van der Waals surface area contributed by atoms with E-state index in [0.717, 1.165) is 18.4 Å². The van der Waals surface area contributed by atoms with E-state index in [0.29, 0.717) is 11.3 Å². The lowest BCUT2D eigenvalue weighted by Gasteiger charge is -2.10. The fourth-order valence-electron chi connectivity index (χ4n) is 3.30. The smallest absolute Gasteiger partial charge is 0.257 e. The van der Waals surface area contributed by atoms with E-state index in [4.69, 9.17) is 0 Å². The van der Waals surface area contributed by atoms with E-state index >= 15 is 0 Å². The van der Waals surface area contributed by atoms with Crippen LogP contribution in [0.5, 0.6) is 0 Å². The third-order valence-electron chi connectivity index (χ3n) is 4.34. The molecule has 1 aliphatic rings. The van der Waals surface area contributed by atoms with E-state index in [1.807, 2.05) is 19.2 Å². The second-order valence-electron chi connectivity index (χ2n) is 5.87. The molecular weight excluding hydrogens is 276 g/mol. The first-order valence-electron chi connectivity index (χ1n) is 7.65. The molecule has 22 heavy (non-hydrogen) atoms. The zero-order valence-electron chi connectivity index (χ0n) is 12.5. The molecule has 0 saturated heterocycles. The fraction of sp³-hybridized carbons (Fsp3) is 0.294. The van der Waals surface area contributed by atoms with Gasteiger partial charge >= 0.3 is 0 Å². The van der Waals surface area contributed by atoms with Crippen LogP contribution in [0.15, 0.2) is 30.6 Å². The molecule has 5 heteroatoms. The summed E-state index contributed by atoms with van der Waals surface area (Å²) >= 11 is 0. The molecule has 5 nitrogen and oxygen atoms in total. The lowest BCUT2D eigenvalue weighted by Crippen LogP contribution is -2.12. The fourth-order valence-corrected chi connectivity index (χ4v) is 3.30. The Bertz CT molecular complexity index is 859. The summed E-state index contributed by atoms with van der Waals surface area (Å²) in [6.07, 6.45) is 8.06. The maximum atomic E-state index is 12.6. The van der Waals surface area contributed by atoms with Gasteiger partial charge in [-0.2, -0.15) is 5.10 Å². The maximum absolute atomic E-state index is 12.6. The SMILES string of the molecule is Cn1cc(NC(=O)c2cccc3c4c([nH]c23)CCCC4)cn1. The number of rotatable bonds is 2. The van der Waals surface area contributed by atoms with Gasteiger partial charge in [-0.25, -0.2) is 0 Å². The number of aromatic nitrogens is 3. The van der Waals surface area contributed by atoms with Crippen molar-refractivity contribution in [2.24, 2.45) is 7.05 Å². The molecule has 0 atom stereocenters. The van der Waals surface area contributed by atoms with Gasteiger partial charge in [0.15, 0.2) is 0 Å². The molecule has 2 heterocycles. The number of carbonyl (C=O) groups is 1. The van der Waals surface area contributed by atoms with E-state index in [1.54, 1.807) is 17.1 Å². The highest BCUT2D eigenvalue weighted by atomic mass is 16.1. The summed E-state index contributed by atoms with van der Waals surface area (Å²) in [5.41, 5.74) is 5.03. The Kier molecular flexibility index (Phi) is 2.99. The summed E-state index contributed by atoms with van der Waals surface area (Å²) in [7, 11) is 1.83. The van der Waals surface area contributed by atoms with Crippen molar-refractivity contribution in [2.45, 2.75) is 25.7 Å². The van der Waals surface area contributed by atoms with Gasteiger partial charge in [0.1, 0.15) is 0 Å². The first-order valence-corrected chi connectivity index (χ1v) is 7.65. The molecule has 0 saturated carbocycles. The maximum Gasteiger partial charge on any atom is 0.257 e. The molecule has 1 aromatic carbocycles. The van der Waals surface area contributed by atoms with Crippen molar-refractivity contribution in [3.05, 3.63) is 47.4 Å². The van der Waals surface area contributed by atoms with Crippen LogP contribution in [-0.4, -0.2) is 20.7 Å². The van der Waals surface area contributed by atoms with E-state index in [9.17, 15) is 4.79 Å². The Balaban J connectivity index is 1.75. The number of benzene rings is 1. The van der Waals surface area contributed by atoms with Crippen molar-refractivity contribution in [1.82, 2.24) is 14.8 Å². The van der Waals surface area contributed by atoms with Gasteiger partial charge in [-0.1, -0.05) is 12.1 Å². The summed E-state index contributed by atoms with van der Waals surface area (Å²) in [5, 5.41) is 8.17.